The summed E-state index contributed by atoms with van der Waals surface area (Å²) in [5, 5.41) is 13.6. The number of aromatic hydroxyl groups is 1. The van der Waals surface area contributed by atoms with Crippen LogP contribution in [0.4, 0.5) is 0 Å². The first-order chi connectivity index (χ1) is 9.47. The van der Waals surface area contributed by atoms with E-state index in [0.29, 0.717) is 11.8 Å². The average molecular weight is 500 g/mol. The fourth-order valence-electron chi connectivity index (χ4n) is 2.66. The molecule has 0 radical (unpaired) electrons. The van der Waals surface area contributed by atoms with Crippen molar-refractivity contribution in [3.63, 3.8) is 0 Å². The van der Waals surface area contributed by atoms with Gasteiger partial charge in [0.25, 0.3) is 0 Å². The number of phenolic OH excluding ortho intramolecular Hbond substituents is 1. The largest absolute Gasteiger partial charge is 0.507 e. The van der Waals surface area contributed by atoms with E-state index in [1.165, 1.54) is 23.1 Å². The van der Waals surface area contributed by atoms with E-state index in [-0.39, 0.29) is 0 Å². The highest BCUT2D eigenvalue weighted by Crippen LogP contribution is 2.27. The molecule has 0 aliphatic carbocycles. The molecule has 1 aliphatic heterocycles. The summed E-state index contributed by atoms with van der Waals surface area (Å²) in [5.41, 5.74) is 1.00. The first kappa shape index (κ1) is 16.8. The average Bonchev–Trinajstić information content (AvgIpc) is 2.84. The normalized spacial score (nSPS) is 19.9. The first-order valence-electron chi connectivity index (χ1n) is 7.09. The smallest absolute Gasteiger partial charge is 0.133 e. The summed E-state index contributed by atoms with van der Waals surface area (Å²) in [6, 6.07) is 4.71. The van der Waals surface area contributed by atoms with Gasteiger partial charge < -0.3 is 15.3 Å². The minimum Gasteiger partial charge on any atom is -0.507 e. The number of phenols is 1. The van der Waals surface area contributed by atoms with Crippen LogP contribution < -0.4 is 5.32 Å². The molecule has 5 heteroatoms. The van der Waals surface area contributed by atoms with Crippen LogP contribution in [0.2, 0.25) is 0 Å². The van der Waals surface area contributed by atoms with E-state index in [2.05, 4.69) is 75.3 Å². The lowest BCUT2D eigenvalue weighted by atomic mass is 10.1. The molecule has 1 aliphatic rings. The lowest BCUT2D eigenvalue weighted by molar-refractivity contribution is 0.264. The molecule has 0 aromatic heterocycles. The van der Waals surface area contributed by atoms with E-state index in [0.717, 1.165) is 28.1 Å². The quantitative estimate of drug-likeness (QED) is 0.609. The molecular formula is C15H22I2N2O. The van der Waals surface area contributed by atoms with Crippen molar-refractivity contribution < 1.29 is 5.11 Å². The summed E-state index contributed by atoms with van der Waals surface area (Å²) in [6.07, 6.45) is 1.28. The molecule has 0 saturated carbocycles. The zero-order chi connectivity index (χ0) is 14.7. The summed E-state index contributed by atoms with van der Waals surface area (Å²) in [7, 11) is 0. The van der Waals surface area contributed by atoms with Gasteiger partial charge in [-0.2, -0.15) is 0 Å². The Bertz CT molecular complexity index is 465. The Hall–Kier alpha value is 0.400. The van der Waals surface area contributed by atoms with Crippen LogP contribution in [0.3, 0.4) is 0 Å². The zero-order valence-electron chi connectivity index (χ0n) is 12.0. The highest BCUT2D eigenvalue weighted by atomic mass is 127. The maximum Gasteiger partial charge on any atom is 0.133 e. The lowest BCUT2D eigenvalue weighted by Crippen LogP contribution is -2.30. The molecule has 1 aromatic rings. The molecule has 0 bridgehead atoms. The van der Waals surface area contributed by atoms with Gasteiger partial charge in [0, 0.05) is 28.3 Å². The van der Waals surface area contributed by atoms with Gasteiger partial charge in [-0.05, 0) is 96.6 Å². The van der Waals surface area contributed by atoms with Crippen LogP contribution in [0.5, 0.6) is 5.75 Å². The van der Waals surface area contributed by atoms with Gasteiger partial charge >= 0.3 is 0 Å². The van der Waals surface area contributed by atoms with E-state index in [9.17, 15) is 5.11 Å². The standard InChI is InChI=1S/C15H22I2N2O/c1-10(2)19-4-3-11(9-19)7-18-8-12-5-13(16)6-14(17)15(12)20/h5-6,10-11,18,20H,3-4,7-9H2,1-2H3/t11-/m1/s1. The Morgan fingerprint density at radius 3 is 2.80 bits per heavy atom. The maximum atomic E-state index is 10.1. The van der Waals surface area contributed by atoms with Gasteiger partial charge in [-0.15, -0.1) is 0 Å². The Morgan fingerprint density at radius 2 is 2.15 bits per heavy atom. The van der Waals surface area contributed by atoms with Crippen LogP contribution in [-0.2, 0) is 6.54 Å². The minimum atomic E-state index is 0.425. The van der Waals surface area contributed by atoms with Crippen LogP contribution in [0, 0.1) is 13.1 Å². The second kappa shape index (κ2) is 7.60. The lowest BCUT2D eigenvalue weighted by Gasteiger charge is -2.20. The predicted octanol–water partition coefficient (Wildman–Crippen LogP) is 3.42. The van der Waals surface area contributed by atoms with Gasteiger partial charge in [-0.1, -0.05) is 0 Å². The second-order valence-corrected chi connectivity index (χ2v) is 8.18. The summed E-state index contributed by atoms with van der Waals surface area (Å²) >= 11 is 4.48. The van der Waals surface area contributed by atoms with E-state index in [4.69, 9.17) is 0 Å². The molecule has 3 nitrogen and oxygen atoms in total. The molecule has 0 amide bonds. The van der Waals surface area contributed by atoms with Gasteiger partial charge in [0.2, 0.25) is 0 Å². The molecule has 1 aromatic carbocycles. The van der Waals surface area contributed by atoms with Gasteiger partial charge in [-0.25, -0.2) is 0 Å². The third-order valence-corrected chi connectivity index (χ3v) is 5.35. The van der Waals surface area contributed by atoms with Crippen molar-refractivity contribution in [1.82, 2.24) is 10.2 Å². The van der Waals surface area contributed by atoms with Crippen molar-refractivity contribution in [2.24, 2.45) is 5.92 Å². The number of halogens is 2. The fraction of sp³-hybridized carbons (Fsp3) is 0.600. The SMILES string of the molecule is CC(C)N1CC[C@H](CNCc2cc(I)cc(I)c2O)C1. The molecule has 112 valence electrons. The Kier molecular flexibility index (Phi) is 6.37. The van der Waals surface area contributed by atoms with Crippen molar-refractivity contribution in [2.75, 3.05) is 19.6 Å². The number of nitrogens with zero attached hydrogens (tertiary/aromatic N) is 1. The minimum absolute atomic E-state index is 0.425. The summed E-state index contributed by atoms with van der Waals surface area (Å²) < 4.78 is 2.10. The molecule has 20 heavy (non-hydrogen) atoms. The van der Waals surface area contributed by atoms with Gasteiger partial charge in [0.1, 0.15) is 5.75 Å². The number of likely N-dealkylation sites (tertiary alicyclic amines) is 1. The predicted molar refractivity (Wildman–Crippen MR) is 100 cm³/mol. The van der Waals surface area contributed by atoms with Crippen LogP contribution in [-0.4, -0.2) is 35.7 Å². The summed E-state index contributed by atoms with van der Waals surface area (Å²) in [4.78, 5) is 2.54. The van der Waals surface area contributed by atoms with Crippen molar-refractivity contribution in [3.05, 3.63) is 24.8 Å². The molecule has 0 unspecified atom stereocenters. The van der Waals surface area contributed by atoms with Gasteiger partial charge in [0.15, 0.2) is 0 Å². The Labute approximate surface area is 148 Å². The van der Waals surface area contributed by atoms with Crippen molar-refractivity contribution in [1.29, 1.82) is 0 Å². The number of hydrogen-bond acceptors (Lipinski definition) is 3. The van der Waals surface area contributed by atoms with Crippen molar-refractivity contribution in [2.45, 2.75) is 32.9 Å². The highest BCUT2D eigenvalue weighted by molar-refractivity contribution is 14.1. The molecule has 1 atom stereocenters. The number of hydrogen-bond donors (Lipinski definition) is 2. The monoisotopic (exact) mass is 500 g/mol. The third-order valence-electron chi connectivity index (χ3n) is 3.90. The first-order valence-corrected chi connectivity index (χ1v) is 9.24. The van der Waals surface area contributed by atoms with Crippen molar-refractivity contribution in [3.8, 4) is 5.75 Å². The zero-order valence-corrected chi connectivity index (χ0v) is 16.3. The Morgan fingerprint density at radius 1 is 1.40 bits per heavy atom. The van der Waals surface area contributed by atoms with Gasteiger partial charge in [0.05, 0.1) is 3.57 Å². The van der Waals surface area contributed by atoms with Gasteiger partial charge in [-0.3, -0.25) is 0 Å². The number of benzene rings is 1. The molecular weight excluding hydrogens is 478 g/mol. The third kappa shape index (κ3) is 4.45. The Balaban J connectivity index is 1.82. The molecule has 2 rings (SSSR count). The fourth-order valence-corrected chi connectivity index (χ4v) is 4.63. The molecule has 1 heterocycles. The van der Waals surface area contributed by atoms with Crippen LogP contribution in [0.25, 0.3) is 0 Å². The van der Waals surface area contributed by atoms with Crippen LogP contribution in [0.1, 0.15) is 25.8 Å². The van der Waals surface area contributed by atoms with E-state index < -0.39 is 0 Å². The van der Waals surface area contributed by atoms with Crippen LogP contribution >= 0.6 is 45.2 Å². The number of rotatable bonds is 5. The number of nitrogens with one attached hydrogen (secondary N) is 1. The molecule has 1 saturated heterocycles. The highest BCUT2D eigenvalue weighted by Gasteiger charge is 2.23. The van der Waals surface area contributed by atoms with E-state index >= 15 is 0 Å². The van der Waals surface area contributed by atoms with Crippen molar-refractivity contribution >= 4 is 45.2 Å². The summed E-state index contributed by atoms with van der Waals surface area (Å²) in [6.45, 7) is 8.72. The topological polar surface area (TPSA) is 35.5 Å². The molecule has 1 fully saturated rings. The molecule has 2 N–H and O–H groups in total. The summed E-state index contributed by atoms with van der Waals surface area (Å²) in [5.74, 6) is 1.16. The second-order valence-electron chi connectivity index (χ2n) is 5.77. The van der Waals surface area contributed by atoms with E-state index in [1.54, 1.807) is 0 Å². The van der Waals surface area contributed by atoms with E-state index in [1.807, 2.05) is 6.07 Å². The van der Waals surface area contributed by atoms with Crippen LogP contribution in [0.15, 0.2) is 12.1 Å². The molecule has 0 spiro atoms. The maximum absolute atomic E-state index is 10.1.